The number of H-pyrrole nitrogens is 2. The van der Waals surface area contributed by atoms with Gasteiger partial charge in [-0.3, -0.25) is 9.98 Å². The molecule has 2 aromatic heterocycles. The molecule has 6 N–H and O–H groups in total. The van der Waals surface area contributed by atoms with Crippen LogP contribution in [0.3, 0.4) is 0 Å². The van der Waals surface area contributed by atoms with Crippen LogP contribution in [0.5, 0.6) is 0 Å². The second-order valence-corrected chi connectivity index (χ2v) is 11.7. The number of rotatable bonds is 12. The summed E-state index contributed by atoms with van der Waals surface area (Å²) in [6.45, 7) is 1.19. The van der Waals surface area contributed by atoms with Crippen molar-refractivity contribution in [2.45, 2.75) is 38.8 Å². The Balaban J connectivity index is 0.000000220. The van der Waals surface area contributed by atoms with E-state index in [-0.39, 0.29) is 0 Å². The van der Waals surface area contributed by atoms with Crippen molar-refractivity contribution >= 4 is 57.1 Å². The summed E-state index contributed by atoms with van der Waals surface area (Å²) in [5.41, 5.74) is 16.3. The highest BCUT2D eigenvalue weighted by atomic mass is 35.5. The van der Waals surface area contributed by atoms with Crippen molar-refractivity contribution in [3.05, 3.63) is 106 Å². The average molecular weight is 618 g/mol. The van der Waals surface area contributed by atoms with E-state index in [1.807, 2.05) is 60.9 Å². The van der Waals surface area contributed by atoms with Crippen molar-refractivity contribution < 1.29 is 0 Å². The maximum atomic E-state index is 5.88. The number of aromatic nitrogens is 4. The Kier molecular flexibility index (Phi) is 14.6. The third-order valence-corrected chi connectivity index (χ3v) is 7.79. The summed E-state index contributed by atoms with van der Waals surface area (Å²) in [6.07, 6.45) is 11.2. The summed E-state index contributed by atoms with van der Waals surface area (Å²) in [5.74, 6) is 1.91. The molecular weight excluding hydrogens is 583 g/mol. The standard InChI is InChI=1S/2C14H17ClN4S/c2*15-12-5-3-11(4-6-12)8-18-14(16)20-7-1-2-13-9-17-10-19-13/h2*3-6,9-10H,1-2,7-8H2,(H2,16,18)(H,17,19). The highest BCUT2D eigenvalue weighted by Crippen LogP contribution is 2.13. The number of thioether (sulfide) groups is 2. The summed E-state index contributed by atoms with van der Waals surface area (Å²) >= 11 is 14.8. The molecule has 0 aliphatic heterocycles. The number of imidazole rings is 2. The lowest BCUT2D eigenvalue weighted by Gasteiger charge is -2.01. The van der Waals surface area contributed by atoms with Crippen LogP contribution in [0, 0.1) is 0 Å². The topological polar surface area (TPSA) is 134 Å². The first-order valence-electron chi connectivity index (χ1n) is 12.8. The Morgan fingerprint density at radius 1 is 0.675 bits per heavy atom. The van der Waals surface area contributed by atoms with Gasteiger partial charge in [-0.2, -0.15) is 0 Å². The molecule has 0 fully saturated rings. The van der Waals surface area contributed by atoms with Gasteiger partial charge in [-0.05, 0) is 61.1 Å². The second-order valence-electron chi connectivity index (χ2n) is 8.62. The first-order valence-corrected chi connectivity index (χ1v) is 15.5. The third kappa shape index (κ3) is 13.4. The number of nitrogens with one attached hydrogen (secondary N) is 2. The summed E-state index contributed by atoms with van der Waals surface area (Å²) in [5, 5.41) is 2.73. The van der Waals surface area contributed by atoms with Crippen LogP contribution in [0.25, 0.3) is 0 Å². The van der Waals surface area contributed by atoms with E-state index in [9.17, 15) is 0 Å². The molecule has 212 valence electrons. The number of hydrogen-bond donors (Lipinski definition) is 4. The van der Waals surface area contributed by atoms with Crippen molar-refractivity contribution in [2.24, 2.45) is 21.5 Å². The van der Waals surface area contributed by atoms with E-state index >= 15 is 0 Å². The maximum absolute atomic E-state index is 5.88. The average Bonchev–Trinajstić information content (AvgIpc) is 3.68. The number of halogens is 2. The quantitative estimate of drug-likeness (QED) is 0.0816. The molecule has 12 heteroatoms. The fourth-order valence-corrected chi connectivity index (χ4v) is 4.89. The van der Waals surface area contributed by atoms with Gasteiger partial charge in [0.1, 0.15) is 0 Å². The predicted molar refractivity (Wildman–Crippen MR) is 172 cm³/mol. The number of benzene rings is 2. The van der Waals surface area contributed by atoms with Crippen molar-refractivity contribution in [3.8, 4) is 0 Å². The molecule has 0 atom stereocenters. The Labute approximate surface area is 253 Å². The number of amidine groups is 2. The van der Waals surface area contributed by atoms with Crippen LogP contribution >= 0.6 is 46.7 Å². The predicted octanol–water partition coefficient (Wildman–Crippen LogP) is 6.49. The molecule has 2 aromatic carbocycles. The van der Waals surface area contributed by atoms with Crippen LogP contribution in [-0.4, -0.2) is 41.8 Å². The summed E-state index contributed by atoms with van der Waals surface area (Å²) in [4.78, 5) is 22.8. The van der Waals surface area contributed by atoms with E-state index < -0.39 is 0 Å². The minimum Gasteiger partial charge on any atom is -0.379 e. The Bertz CT molecular complexity index is 1180. The first-order chi connectivity index (χ1) is 19.5. The Hall–Kier alpha value is -2.92. The smallest absolute Gasteiger partial charge is 0.154 e. The van der Waals surface area contributed by atoms with Crippen LogP contribution in [0.2, 0.25) is 10.0 Å². The number of aliphatic imine (C=N–C) groups is 2. The lowest BCUT2D eigenvalue weighted by atomic mass is 10.2. The molecule has 0 aliphatic carbocycles. The molecule has 0 saturated heterocycles. The minimum atomic E-state index is 0.594. The third-order valence-electron chi connectivity index (χ3n) is 5.45. The lowest BCUT2D eigenvalue weighted by molar-refractivity contribution is 0.903. The largest absolute Gasteiger partial charge is 0.379 e. The molecular formula is C28H34Cl2N8S2. The van der Waals surface area contributed by atoms with Crippen LogP contribution in [0.15, 0.2) is 83.6 Å². The number of nitrogens with zero attached hydrogens (tertiary/aromatic N) is 4. The molecule has 0 amide bonds. The number of aromatic amines is 2. The fourth-order valence-electron chi connectivity index (χ4n) is 3.33. The van der Waals surface area contributed by atoms with Gasteiger partial charge in [0.2, 0.25) is 0 Å². The maximum Gasteiger partial charge on any atom is 0.154 e. The molecule has 0 bridgehead atoms. The normalized spacial score (nSPS) is 11.8. The second kappa shape index (κ2) is 18.4. The zero-order valence-electron chi connectivity index (χ0n) is 22.1. The summed E-state index contributed by atoms with van der Waals surface area (Å²) in [7, 11) is 0. The van der Waals surface area contributed by atoms with Crippen LogP contribution in [0.1, 0.15) is 35.4 Å². The number of nitrogens with two attached hydrogens (primary N) is 2. The van der Waals surface area contributed by atoms with Gasteiger partial charge in [0.05, 0.1) is 25.7 Å². The van der Waals surface area contributed by atoms with E-state index in [1.54, 1.807) is 36.2 Å². The first kappa shape index (κ1) is 31.6. The van der Waals surface area contributed by atoms with E-state index in [0.29, 0.717) is 23.4 Å². The molecule has 2 heterocycles. The molecule has 4 aromatic rings. The summed E-state index contributed by atoms with van der Waals surface area (Å²) in [6, 6.07) is 15.3. The van der Waals surface area contributed by atoms with Gasteiger partial charge in [-0.25, -0.2) is 9.97 Å². The number of hydrogen-bond acceptors (Lipinski definition) is 6. The fraction of sp³-hybridized carbons (Fsp3) is 0.286. The lowest BCUT2D eigenvalue weighted by Crippen LogP contribution is -2.08. The van der Waals surface area contributed by atoms with Gasteiger partial charge >= 0.3 is 0 Å². The molecule has 0 spiro atoms. The van der Waals surface area contributed by atoms with Crippen molar-refractivity contribution in [1.82, 2.24) is 19.9 Å². The van der Waals surface area contributed by atoms with E-state index in [1.165, 1.54) is 0 Å². The SMILES string of the molecule is NC(=NCc1ccc(Cl)cc1)SCCCc1cnc[nH]1.NC(=NCc1ccc(Cl)cc1)SCCCc1cnc[nH]1. The van der Waals surface area contributed by atoms with Crippen LogP contribution in [-0.2, 0) is 25.9 Å². The van der Waals surface area contributed by atoms with Crippen LogP contribution in [0.4, 0.5) is 0 Å². The molecule has 0 saturated carbocycles. The highest BCUT2D eigenvalue weighted by Gasteiger charge is 1.99. The summed E-state index contributed by atoms with van der Waals surface area (Å²) < 4.78 is 0. The zero-order valence-corrected chi connectivity index (χ0v) is 25.2. The molecule has 4 rings (SSSR count). The monoisotopic (exact) mass is 616 g/mol. The molecule has 40 heavy (non-hydrogen) atoms. The zero-order chi connectivity index (χ0) is 28.4. The van der Waals surface area contributed by atoms with E-state index in [0.717, 1.165) is 69.7 Å². The van der Waals surface area contributed by atoms with Crippen molar-refractivity contribution in [1.29, 1.82) is 0 Å². The van der Waals surface area contributed by atoms with Gasteiger partial charge in [0.25, 0.3) is 0 Å². The van der Waals surface area contributed by atoms with Gasteiger partial charge in [-0.15, -0.1) is 0 Å². The Morgan fingerprint density at radius 2 is 1.07 bits per heavy atom. The van der Waals surface area contributed by atoms with Gasteiger partial charge in [0.15, 0.2) is 10.3 Å². The Morgan fingerprint density at radius 3 is 1.43 bits per heavy atom. The van der Waals surface area contributed by atoms with Crippen molar-refractivity contribution in [3.63, 3.8) is 0 Å². The molecule has 0 unspecified atom stereocenters. The molecule has 8 nitrogen and oxygen atoms in total. The molecule has 0 aliphatic rings. The number of aryl methyl sites for hydroxylation is 2. The van der Waals surface area contributed by atoms with E-state index in [2.05, 4.69) is 29.9 Å². The highest BCUT2D eigenvalue weighted by molar-refractivity contribution is 8.14. The van der Waals surface area contributed by atoms with Gasteiger partial charge in [-0.1, -0.05) is 71.0 Å². The van der Waals surface area contributed by atoms with Gasteiger partial charge < -0.3 is 21.4 Å². The van der Waals surface area contributed by atoms with Crippen molar-refractivity contribution in [2.75, 3.05) is 11.5 Å². The molecule has 0 radical (unpaired) electrons. The van der Waals surface area contributed by atoms with Crippen LogP contribution < -0.4 is 11.5 Å². The van der Waals surface area contributed by atoms with Gasteiger partial charge in [0, 0.05) is 45.3 Å². The van der Waals surface area contributed by atoms with E-state index in [4.69, 9.17) is 34.7 Å². The minimum absolute atomic E-state index is 0.594.